The molecule has 0 unspecified atom stereocenters. The summed E-state index contributed by atoms with van der Waals surface area (Å²) in [7, 11) is 1.61. The summed E-state index contributed by atoms with van der Waals surface area (Å²) in [5.74, 6) is 2.45. The molecule has 0 saturated carbocycles. The summed E-state index contributed by atoms with van der Waals surface area (Å²) < 4.78 is 13.4. The molecule has 0 spiro atoms. The summed E-state index contributed by atoms with van der Waals surface area (Å²) >= 11 is 0. The first kappa shape index (κ1) is 22.4. The Morgan fingerprint density at radius 2 is 1.79 bits per heavy atom. The van der Waals surface area contributed by atoms with E-state index in [2.05, 4.69) is 35.9 Å². The Morgan fingerprint density at radius 3 is 2.58 bits per heavy atom. The second kappa shape index (κ2) is 10.2. The van der Waals surface area contributed by atoms with Crippen LogP contribution in [0.25, 0.3) is 11.0 Å². The van der Waals surface area contributed by atoms with Crippen LogP contribution >= 0.6 is 0 Å². The summed E-state index contributed by atoms with van der Waals surface area (Å²) in [6.45, 7) is 5.87. The maximum atomic E-state index is 12.5. The summed E-state index contributed by atoms with van der Waals surface area (Å²) in [6, 6.07) is 21.3. The van der Waals surface area contributed by atoms with Crippen LogP contribution in [0.2, 0.25) is 0 Å². The normalized spacial score (nSPS) is 10.9. The average molecular weight is 444 g/mol. The van der Waals surface area contributed by atoms with Gasteiger partial charge in [0.2, 0.25) is 0 Å². The van der Waals surface area contributed by atoms with Crippen molar-refractivity contribution in [3.63, 3.8) is 0 Å². The Kier molecular flexibility index (Phi) is 6.93. The molecule has 0 aliphatic carbocycles. The number of carbonyl (C=O) groups excluding carboxylic acids is 1. The van der Waals surface area contributed by atoms with Gasteiger partial charge in [-0.2, -0.15) is 0 Å². The van der Waals surface area contributed by atoms with Gasteiger partial charge < -0.3 is 19.4 Å². The van der Waals surface area contributed by atoms with Crippen LogP contribution in [0.3, 0.4) is 0 Å². The minimum Gasteiger partial charge on any atom is -0.497 e. The lowest BCUT2D eigenvalue weighted by Gasteiger charge is -2.13. The SMILES string of the molecule is COc1ccc(C(=O)NCCc2nc3ccccc3n2CCOc2cccc(C)c2C)cc1. The number of aryl methyl sites for hydroxylation is 1. The molecule has 0 radical (unpaired) electrons. The Bertz CT molecular complexity index is 1250. The van der Waals surface area contributed by atoms with Gasteiger partial charge in [0.25, 0.3) is 5.91 Å². The molecule has 170 valence electrons. The Balaban J connectivity index is 1.42. The van der Waals surface area contributed by atoms with E-state index in [0.29, 0.717) is 31.7 Å². The van der Waals surface area contributed by atoms with Gasteiger partial charge >= 0.3 is 0 Å². The zero-order chi connectivity index (χ0) is 23.2. The number of carbonyl (C=O) groups is 1. The summed E-state index contributed by atoms with van der Waals surface area (Å²) in [5, 5.41) is 2.99. The number of hydrogen-bond donors (Lipinski definition) is 1. The van der Waals surface area contributed by atoms with Crippen LogP contribution in [-0.4, -0.2) is 35.7 Å². The Hall–Kier alpha value is -3.80. The maximum Gasteiger partial charge on any atom is 0.251 e. The van der Waals surface area contributed by atoms with Crippen LogP contribution in [0.15, 0.2) is 66.7 Å². The fourth-order valence-electron chi connectivity index (χ4n) is 3.83. The molecule has 4 rings (SSSR count). The standard InChI is InChI=1S/C27H29N3O3/c1-19-7-6-10-25(20(19)2)33-18-17-30-24-9-5-4-8-23(24)29-26(30)15-16-28-27(31)21-11-13-22(32-3)14-12-21/h4-14H,15-18H2,1-3H3,(H,28,31). The highest BCUT2D eigenvalue weighted by atomic mass is 16.5. The first-order chi connectivity index (χ1) is 16.1. The van der Waals surface area contributed by atoms with E-state index in [-0.39, 0.29) is 5.91 Å². The van der Waals surface area contributed by atoms with E-state index in [1.54, 1.807) is 31.4 Å². The van der Waals surface area contributed by atoms with Crippen molar-refractivity contribution in [2.75, 3.05) is 20.3 Å². The molecule has 0 fully saturated rings. The van der Waals surface area contributed by atoms with Gasteiger partial charge in [-0.1, -0.05) is 24.3 Å². The largest absolute Gasteiger partial charge is 0.497 e. The monoisotopic (exact) mass is 443 g/mol. The van der Waals surface area contributed by atoms with Crippen LogP contribution in [-0.2, 0) is 13.0 Å². The molecule has 6 heteroatoms. The topological polar surface area (TPSA) is 65.4 Å². The molecule has 0 saturated heterocycles. The maximum absolute atomic E-state index is 12.5. The molecule has 4 aromatic rings. The molecule has 1 amide bonds. The van der Waals surface area contributed by atoms with Crippen molar-refractivity contribution in [2.45, 2.75) is 26.8 Å². The predicted octanol–water partition coefficient (Wildman–Crippen LogP) is 4.71. The van der Waals surface area contributed by atoms with E-state index in [1.807, 2.05) is 30.3 Å². The quantitative estimate of drug-likeness (QED) is 0.407. The van der Waals surface area contributed by atoms with Crippen molar-refractivity contribution in [3.8, 4) is 11.5 Å². The van der Waals surface area contributed by atoms with Crippen molar-refractivity contribution < 1.29 is 14.3 Å². The van der Waals surface area contributed by atoms with Gasteiger partial charge in [-0.15, -0.1) is 0 Å². The number of hydrogen-bond acceptors (Lipinski definition) is 4. The highest BCUT2D eigenvalue weighted by Crippen LogP contribution is 2.21. The summed E-state index contributed by atoms with van der Waals surface area (Å²) in [4.78, 5) is 17.3. The fraction of sp³-hybridized carbons (Fsp3) is 0.259. The van der Waals surface area contributed by atoms with E-state index >= 15 is 0 Å². The third-order valence-electron chi connectivity index (χ3n) is 5.85. The number of ether oxygens (including phenoxy) is 2. The number of rotatable bonds is 9. The molecule has 0 bridgehead atoms. The number of nitrogens with zero attached hydrogens (tertiary/aromatic N) is 2. The van der Waals surface area contributed by atoms with Gasteiger partial charge in [-0.25, -0.2) is 4.98 Å². The van der Waals surface area contributed by atoms with Crippen LogP contribution in [0, 0.1) is 13.8 Å². The number of nitrogens with one attached hydrogen (secondary N) is 1. The molecular formula is C27H29N3O3. The van der Waals surface area contributed by atoms with E-state index < -0.39 is 0 Å². The minimum absolute atomic E-state index is 0.112. The third-order valence-corrected chi connectivity index (χ3v) is 5.85. The lowest BCUT2D eigenvalue weighted by atomic mass is 10.1. The molecule has 3 aromatic carbocycles. The highest BCUT2D eigenvalue weighted by molar-refractivity contribution is 5.94. The summed E-state index contributed by atoms with van der Waals surface area (Å²) in [6.07, 6.45) is 0.625. The van der Waals surface area contributed by atoms with Crippen LogP contribution in [0.5, 0.6) is 11.5 Å². The number of amides is 1. The van der Waals surface area contributed by atoms with Crippen LogP contribution < -0.4 is 14.8 Å². The van der Waals surface area contributed by atoms with E-state index in [1.165, 1.54) is 5.56 Å². The Labute approximate surface area is 194 Å². The van der Waals surface area contributed by atoms with Crippen molar-refractivity contribution in [2.24, 2.45) is 0 Å². The van der Waals surface area contributed by atoms with Gasteiger partial charge in [-0.3, -0.25) is 4.79 Å². The molecule has 1 aromatic heterocycles. The van der Waals surface area contributed by atoms with Crippen LogP contribution in [0.1, 0.15) is 27.3 Å². The van der Waals surface area contributed by atoms with Gasteiger partial charge in [-0.05, 0) is 67.4 Å². The number of methoxy groups -OCH3 is 1. The van der Waals surface area contributed by atoms with E-state index in [0.717, 1.165) is 33.9 Å². The van der Waals surface area contributed by atoms with Crippen LogP contribution in [0.4, 0.5) is 0 Å². The molecule has 6 nitrogen and oxygen atoms in total. The first-order valence-corrected chi connectivity index (χ1v) is 11.1. The fourth-order valence-corrected chi connectivity index (χ4v) is 3.83. The Morgan fingerprint density at radius 1 is 1.00 bits per heavy atom. The first-order valence-electron chi connectivity index (χ1n) is 11.1. The van der Waals surface area contributed by atoms with E-state index in [4.69, 9.17) is 14.5 Å². The zero-order valence-corrected chi connectivity index (χ0v) is 19.3. The minimum atomic E-state index is -0.112. The highest BCUT2D eigenvalue weighted by Gasteiger charge is 2.12. The predicted molar refractivity (Wildman–Crippen MR) is 130 cm³/mol. The van der Waals surface area contributed by atoms with Crippen molar-refractivity contribution in [1.82, 2.24) is 14.9 Å². The molecule has 0 aliphatic rings. The number of aromatic nitrogens is 2. The molecule has 0 aliphatic heterocycles. The second-order valence-corrected chi connectivity index (χ2v) is 7.95. The number of imidazole rings is 1. The zero-order valence-electron chi connectivity index (χ0n) is 19.3. The lowest BCUT2D eigenvalue weighted by molar-refractivity contribution is 0.0954. The van der Waals surface area contributed by atoms with Gasteiger partial charge in [0.1, 0.15) is 23.9 Å². The molecule has 1 heterocycles. The average Bonchev–Trinajstić information content (AvgIpc) is 3.19. The third kappa shape index (κ3) is 5.17. The van der Waals surface area contributed by atoms with Gasteiger partial charge in [0.05, 0.1) is 24.7 Å². The molecule has 1 N–H and O–H groups in total. The molecular weight excluding hydrogens is 414 g/mol. The van der Waals surface area contributed by atoms with Gasteiger partial charge in [0.15, 0.2) is 0 Å². The van der Waals surface area contributed by atoms with Crippen molar-refractivity contribution >= 4 is 16.9 Å². The smallest absolute Gasteiger partial charge is 0.251 e. The molecule has 33 heavy (non-hydrogen) atoms. The lowest BCUT2D eigenvalue weighted by Crippen LogP contribution is -2.26. The van der Waals surface area contributed by atoms with E-state index in [9.17, 15) is 4.79 Å². The second-order valence-electron chi connectivity index (χ2n) is 7.95. The summed E-state index contributed by atoms with van der Waals surface area (Å²) in [5.41, 5.74) is 4.99. The van der Waals surface area contributed by atoms with Crippen molar-refractivity contribution in [1.29, 1.82) is 0 Å². The number of benzene rings is 3. The number of para-hydroxylation sites is 2. The van der Waals surface area contributed by atoms with Crippen molar-refractivity contribution in [3.05, 3.63) is 89.2 Å². The molecule has 0 atom stereocenters. The number of fused-ring (bicyclic) bond motifs is 1. The van der Waals surface area contributed by atoms with Gasteiger partial charge in [0, 0.05) is 18.5 Å².